The van der Waals surface area contributed by atoms with Crippen molar-refractivity contribution in [3.63, 3.8) is 0 Å². The van der Waals surface area contributed by atoms with Crippen molar-refractivity contribution in [3.8, 4) is 23.0 Å². The largest absolute Gasteiger partial charge is 0.491 e. The van der Waals surface area contributed by atoms with Crippen LogP contribution in [0.1, 0.15) is 49.5 Å². The Morgan fingerprint density at radius 3 is 2.48 bits per heavy atom. The second-order valence-electron chi connectivity index (χ2n) is 12.3. The summed E-state index contributed by atoms with van der Waals surface area (Å²) in [4.78, 5) is 55.0. The van der Waals surface area contributed by atoms with Crippen LogP contribution in [0.25, 0.3) is 0 Å². The van der Waals surface area contributed by atoms with E-state index in [0.717, 1.165) is 5.56 Å². The Balaban J connectivity index is 1.50. The second kappa shape index (κ2) is 16.6. The number of rotatable bonds is 9. The molecule has 3 aromatic carbocycles. The predicted molar refractivity (Wildman–Crippen MR) is 178 cm³/mol. The van der Waals surface area contributed by atoms with Gasteiger partial charge in [-0.3, -0.25) is 19.2 Å². The van der Waals surface area contributed by atoms with E-state index >= 15 is 0 Å². The predicted octanol–water partition coefficient (Wildman–Crippen LogP) is 4.38. The second-order valence-corrected chi connectivity index (χ2v) is 12.3. The van der Waals surface area contributed by atoms with Crippen LogP contribution < -0.4 is 30.2 Å². The van der Waals surface area contributed by atoms with Gasteiger partial charge in [-0.2, -0.15) is 0 Å². The number of hydrogen-bond donors (Lipinski definition) is 3. The lowest BCUT2D eigenvalue weighted by Crippen LogP contribution is -2.54. The molecule has 0 bridgehead atoms. The lowest BCUT2D eigenvalue weighted by Gasteiger charge is -2.27. The minimum atomic E-state index is -1.30. The molecule has 0 saturated carbocycles. The highest BCUT2D eigenvalue weighted by atomic mass is 19.1. The number of nitrogens with one attached hydrogen (secondary N) is 3. The van der Waals surface area contributed by atoms with Crippen LogP contribution in [-0.4, -0.2) is 73.5 Å². The summed E-state index contributed by atoms with van der Waals surface area (Å²) < 4.78 is 31.7. The maximum absolute atomic E-state index is 14.1. The van der Waals surface area contributed by atoms with Gasteiger partial charge in [0.1, 0.15) is 42.6 Å². The van der Waals surface area contributed by atoms with Gasteiger partial charge < -0.3 is 35.1 Å². The van der Waals surface area contributed by atoms with E-state index in [9.17, 15) is 23.6 Å². The summed E-state index contributed by atoms with van der Waals surface area (Å²) in [6, 6.07) is 14.9. The molecule has 0 aliphatic carbocycles. The number of carbonyl (C=O) groups excluding carboxylic acids is 4. The zero-order chi connectivity index (χ0) is 34.8. The van der Waals surface area contributed by atoms with E-state index < -0.39 is 48.1 Å². The van der Waals surface area contributed by atoms with Gasteiger partial charge in [0.2, 0.25) is 17.7 Å². The van der Waals surface area contributed by atoms with Crippen molar-refractivity contribution >= 4 is 23.6 Å². The third-order valence-corrected chi connectivity index (χ3v) is 7.58. The number of para-hydroxylation sites is 1. The highest BCUT2D eigenvalue weighted by molar-refractivity contribution is 6.01. The van der Waals surface area contributed by atoms with Crippen LogP contribution in [0, 0.1) is 18.7 Å². The van der Waals surface area contributed by atoms with E-state index in [1.165, 1.54) is 23.1 Å². The first-order valence-electron chi connectivity index (χ1n) is 15.9. The maximum atomic E-state index is 14.1. The standard InChI is InChI=1S/C36H43FN4O7/c1-22(2)18-29-36(45)41(5)16-17-46-30-9-7-6-8-27(30)34(43)40-28(20-33(42)39-29)35(44)38-24(4)21-47-31-15-12-25(37)19-32(31)48-26-13-10-23(3)11-14-26/h6-15,19,22,24,28-29H,16-18,20-21H2,1-5H3,(H,38,44)(H,39,42)(H,40,43)/t24-,28+,29+/m1/s1. The van der Waals surface area contributed by atoms with Crippen molar-refractivity contribution < 1.29 is 37.8 Å². The van der Waals surface area contributed by atoms with E-state index in [1.54, 1.807) is 50.4 Å². The van der Waals surface area contributed by atoms with Crippen LogP contribution >= 0.6 is 0 Å². The number of halogens is 1. The zero-order valence-electron chi connectivity index (χ0n) is 27.9. The smallest absolute Gasteiger partial charge is 0.255 e. The fourth-order valence-corrected chi connectivity index (χ4v) is 5.04. The molecule has 4 rings (SSSR count). The van der Waals surface area contributed by atoms with Crippen molar-refractivity contribution in [1.82, 2.24) is 20.9 Å². The Hall–Kier alpha value is -5.13. The summed E-state index contributed by atoms with van der Waals surface area (Å²) in [6.07, 6.45) is -0.0402. The molecule has 3 atom stereocenters. The lowest BCUT2D eigenvalue weighted by atomic mass is 10.0. The van der Waals surface area contributed by atoms with Crippen LogP contribution in [0.2, 0.25) is 0 Å². The third-order valence-electron chi connectivity index (χ3n) is 7.58. The van der Waals surface area contributed by atoms with E-state index in [4.69, 9.17) is 14.2 Å². The molecule has 1 aliphatic heterocycles. The Morgan fingerprint density at radius 1 is 1.02 bits per heavy atom. The molecule has 256 valence electrons. The number of benzene rings is 3. The summed E-state index contributed by atoms with van der Waals surface area (Å²) in [5.41, 5.74) is 1.21. The van der Waals surface area contributed by atoms with Gasteiger partial charge in [0.15, 0.2) is 11.5 Å². The van der Waals surface area contributed by atoms with Gasteiger partial charge in [-0.25, -0.2) is 4.39 Å². The first-order valence-corrected chi connectivity index (χ1v) is 15.9. The summed E-state index contributed by atoms with van der Waals surface area (Å²) in [6.45, 7) is 7.81. The van der Waals surface area contributed by atoms with Crippen LogP contribution in [-0.2, 0) is 14.4 Å². The molecular weight excluding hydrogens is 619 g/mol. The Bertz CT molecular complexity index is 1600. The summed E-state index contributed by atoms with van der Waals surface area (Å²) in [7, 11) is 1.62. The van der Waals surface area contributed by atoms with Crippen LogP contribution in [0.3, 0.4) is 0 Å². The number of aryl methyl sites for hydroxylation is 1. The fourth-order valence-electron chi connectivity index (χ4n) is 5.04. The monoisotopic (exact) mass is 662 g/mol. The SMILES string of the molecule is Cc1ccc(Oc2cc(F)ccc2OC[C@@H](C)NC(=O)[C@@H]2CC(=O)N[C@@H](CC(C)C)C(=O)N(C)CCOc3ccccc3C(=O)N2)cc1. The molecular formula is C36H43FN4O7. The minimum Gasteiger partial charge on any atom is -0.491 e. The number of fused-ring (bicyclic) bond motifs is 1. The summed E-state index contributed by atoms with van der Waals surface area (Å²) >= 11 is 0. The number of carbonyl (C=O) groups is 4. The van der Waals surface area contributed by atoms with E-state index in [1.807, 2.05) is 32.9 Å². The van der Waals surface area contributed by atoms with Gasteiger partial charge in [-0.15, -0.1) is 0 Å². The van der Waals surface area contributed by atoms with Crippen molar-refractivity contribution in [1.29, 1.82) is 0 Å². The van der Waals surface area contributed by atoms with E-state index in [2.05, 4.69) is 16.0 Å². The first-order chi connectivity index (χ1) is 22.9. The molecule has 11 nitrogen and oxygen atoms in total. The average molecular weight is 663 g/mol. The number of likely N-dealkylation sites (N-methyl/N-ethyl adjacent to an activating group) is 1. The summed E-state index contributed by atoms with van der Waals surface area (Å²) in [5, 5.41) is 8.22. The number of amides is 4. The van der Waals surface area contributed by atoms with E-state index in [-0.39, 0.29) is 54.4 Å². The summed E-state index contributed by atoms with van der Waals surface area (Å²) in [5.74, 6) is -1.33. The van der Waals surface area contributed by atoms with Crippen molar-refractivity contribution in [2.75, 3.05) is 26.8 Å². The molecule has 48 heavy (non-hydrogen) atoms. The first kappa shape index (κ1) is 35.7. The van der Waals surface area contributed by atoms with Crippen LogP contribution in [0.4, 0.5) is 4.39 Å². The Labute approximate surface area is 280 Å². The van der Waals surface area contributed by atoms with Gasteiger partial charge in [0.05, 0.1) is 24.6 Å². The molecule has 4 amide bonds. The molecule has 0 unspecified atom stereocenters. The van der Waals surface area contributed by atoms with Gasteiger partial charge in [-0.1, -0.05) is 43.7 Å². The molecule has 3 N–H and O–H groups in total. The molecule has 0 fully saturated rings. The van der Waals surface area contributed by atoms with Crippen molar-refractivity contribution in [2.24, 2.45) is 5.92 Å². The molecule has 0 saturated heterocycles. The highest BCUT2D eigenvalue weighted by Gasteiger charge is 2.31. The van der Waals surface area contributed by atoms with Crippen molar-refractivity contribution in [2.45, 2.75) is 58.7 Å². The Morgan fingerprint density at radius 2 is 1.75 bits per heavy atom. The maximum Gasteiger partial charge on any atom is 0.255 e. The molecule has 3 aromatic rings. The quantitative estimate of drug-likeness (QED) is 0.310. The number of ether oxygens (including phenoxy) is 3. The lowest BCUT2D eigenvalue weighted by molar-refractivity contribution is -0.136. The van der Waals surface area contributed by atoms with E-state index in [0.29, 0.717) is 12.2 Å². The normalized spacial score (nSPS) is 18.1. The van der Waals surface area contributed by atoms with Gasteiger partial charge >= 0.3 is 0 Å². The van der Waals surface area contributed by atoms with Gasteiger partial charge in [-0.05, 0) is 62.6 Å². The minimum absolute atomic E-state index is 0.0392. The van der Waals surface area contributed by atoms with Crippen molar-refractivity contribution in [3.05, 3.63) is 83.7 Å². The molecule has 0 aromatic heterocycles. The molecule has 0 spiro atoms. The van der Waals surface area contributed by atoms with Crippen LogP contribution in [0.15, 0.2) is 66.7 Å². The molecule has 12 heteroatoms. The number of nitrogens with zero attached hydrogens (tertiary/aromatic N) is 1. The fraction of sp³-hybridized carbons (Fsp3) is 0.389. The molecule has 0 radical (unpaired) electrons. The van der Waals surface area contributed by atoms with Gasteiger partial charge in [0.25, 0.3) is 5.91 Å². The zero-order valence-corrected chi connectivity index (χ0v) is 27.9. The Kier molecular flexibility index (Phi) is 12.4. The average Bonchev–Trinajstić information content (AvgIpc) is 3.04. The molecule has 1 heterocycles. The topological polar surface area (TPSA) is 135 Å². The molecule has 1 aliphatic rings. The number of hydrogen-bond acceptors (Lipinski definition) is 7. The van der Waals surface area contributed by atoms with Crippen LogP contribution in [0.5, 0.6) is 23.0 Å². The van der Waals surface area contributed by atoms with Gasteiger partial charge in [0, 0.05) is 13.1 Å². The highest BCUT2D eigenvalue weighted by Crippen LogP contribution is 2.32. The third kappa shape index (κ3) is 10.2.